The predicted octanol–water partition coefficient (Wildman–Crippen LogP) is 1.72. The van der Waals surface area contributed by atoms with Gasteiger partial charge < -0.3 is 15.3 Å². The predicted molar refractivity (Wildman–Crippen MR) is 91.2 cm³/mol. The molecule has 0 aromatic carbocycles. The molecule has 2 rings (SSSR count). The lowest BCUT2D eigenvalue weighted by Gasteiger charge is -2.24. The summed E-state index contributed by atoms with van der Waals surface area (Å²) in [7, 11) is 2.00. The van der Waals surface area contributed by atoms with E-state index in [0.717, 1.165) is 47.7 Å². The van der Waals surface area contributed by atoms with Crippen LogP contribution in [0, 0.1) is 6.92 Å². The summed E-state index contributed by atoms with van der Waals surface area (Å²) in [5.74, 6) is 2.63. The third-order valence-corrected chi connectivity index (χ3v) is 5.42. The van der Waals surface area contributed by atoms with Gasteiger partial charge in [-0.25, -0.2) is 4.98 Å². The number of thioether (sulfide) groups is 1. The van der Waals surface area contributed by atoms with Crippen molar-refractivity contribution in [2.75, 3.05) is 31.6 Å². The first-order chi connectivity index (χ1) is 10.0. The number of hydrogen-bond donors (Lipinski definition) is 2. The van der Waals surface area contributed by atoms with E-state index in [2.05, 4.69) is 32.5 Å². The van der Waals surface area contributed by atoms with Crippen molar-refractivity contribution >= 4 is 29.1 Å². The van der Waals surface area contributed by atoms with Crippen LogP contribution in [0.4, 0.5) is 0 Å². The number of aliphatic imine (C=N–C) groups is 1. The van der Waals surface area contributed by atoms with Gasteiger partial charge in [0.15, 0.2) is 5.96 Å². The first-order valence-corrected chi connectivity index (χ1v) is 9.26. The smallest absolute Gasteiger partial charge is 0.194 e. The highest BCUT2D eigenvalue weighted by Crippen LogP contribution is 2.27. The average Bonchev–Trinajstić information content (AvgIpc) is 3.04. The molecule has 1 saturated heterocycles. The summed E-state index contributed by atoms with van der Waals surface area (Å²) in [5.41, 5.74) is 0.421. The number of guanidine groups is 1. The van der Waals surface area contributed by atoms with Gasteiger partial charge >= 0.3 is 0 Å². The number of aliphatic hydroxyl groups is 1. The molecule has 0 amide bonds. The molecule has 1 aliphatic heterocycles. The van der Waals surface area contributed by atoms with Crippen LogP contribution in [0.3, 0.4) is 0 Å². The maximum Gasteiger partial charge on any atom is 0.194 e. The van der Waals surface area contributed by atoms with Gasteiger partial charge in [0, 0.05) is 24.7 Å². The Morgan fingerprint density at radius 2 is 2.43 bits per heavy atom. The van der Waals surface area contributed by atoms with Crippen LogP contribution >= 0.6 is 23.1 Å². The van der Waals surface area contributed by atoms with Gasteiger partial charge in [-0.2, -0.15) is 11.8 Å². The number of hydrogen-bond acceptors (Lipinski definition) is 5. The lowest BCUT2D eigenvalue weighted by atomic mass is 10.1. The highest BCUT2D eigenvalue weighted by atomic mass is 32.2. The van der Waals surface area contributed by atoms with E-state index < -0.39 is 5.60 Å². The van der Waals surface area contributed by atoms with E-state index in [0.29, 0.717) is 6.54 Å². The summed E-state index contributed by atoms with van der Waals surface area (Å²) in [6.07, 6.45) is 0.829. The summed E-state index contributed by atoms with van der Waals surface area (Å²) >= 11 is 3.46. The van der Waals surface area contributed by atoms with E-state index in [-0.39, 0.29) is 0 Å². The molecule has 21 heavy (non-hydrogen) atoms. The zero-order chi connectivity index (χ0) is 15.3. The van der Waals surface area contributed by atoms with E-state index in [1.54, 1.807) is 23.1 Å². The molecule has 1 aromatic heterocycles. The molecule has 1 atom stereocenters. The SMILES string of the molecule is CCNC(=NCC1(O)CCSC1)N(C)Cc1csc(C)n1. The lowest BCUT2D eigenvalue weighted by molar-refractivity contribution is 0.0776. The number of rotatable bonds is 5. The Kier molecular flexibility index (Phi) is 5.89. The summed E-state index contributed by atoms with van der Waals surface area (Å²) in [4.78, 5) is 11.2. The van der Waals surface area contributed by atoms with Crippen molar-refractivity contribution in [2.45, 2.75) is 32.4 Å². The fourth-order valence-electron chi connectivity index (χ4n) is 2.21. The molecule has 5 nitrogen and oxygen atoms in total. The van der Waals surface area contributed by atoms with E-state index in [9.17, 15) is 5.11 Å². The Morgan fingerprint density at radius 3 is 3.00 bits per heavy atom. The van der Waals surface area contributed by atoms with E-state index in [4.69, 9.17) is 0 Å². The highest BCUT2D eigenvalue weighted by Gasteiger charge is 2.31. The largest absolute Gasteiger partial charge is 0.387 e. The summed E-state index contributed by atoms with van der Waals surface area (Å²) < 4.78 is 0. The Morgan fingerprint density at radius 1 is 1.62 bits per heavy atom. The second kappa shape index (κ2) is 7.47. The fraction of sp³-hybridized carbons (Fsp3) is 0.714. The van der Waals surface area contributed by atoms with Gasteiger partial charge in [0.25, 0.3) is 0 Å². The van der Waals surface area contributed by atoms with Crippen molar-refractivity contribution in [3.05, 3.63) is 16.1 Å². The second-order valence-corrected chi connectivity index (χ2v) is 7.58. The number of thiazole rings is 1. The highest BCUT2D eigenvalue weighted by molar-refractivity contribution is 7.99. The zero-order valence-corrected chi connectivity index (χ0v) is 14.6. The van der Waals surface area contributed by atoms with Crippen LogP contribution < -0.4 is 5.32 Å². The Labute approximate surface area is 134 Å². The van der Waals surface area contributed by atoms with Crippen molar-refractivity contribution in [2.24, 2.45) is 4.99 Å². The van der Waals surface area contributed by atoms with Crippen LogP contribution in [-0.2, 0) is 6.54 Å². The topological polar surface area (TPSA) is 60.8 Å². The molecular formula is C14H24N4OS2. The molecule has 1 unspecified atom stereocenters. The molecule has 1 aromatic rings. The Hall–Kier alpha value is -0.790. The minimum absolute atomic E-state index is 0.461. The van der Waals surface area contributed by atoms with E-state index >= 15 is 0 Å². The summed E-state index contributed by atoms with van der Waals surface area (Å²) in [6.45, 7) is 6.07. The van der Waals surface area contributed by atoms with Gasteiger partial charge in [0.1, 0.15) is 0 Å². The molecular weight excluding hydrogens is 304 g/mol. The van der Waals surface area contributed by atoms with Crippen LogP contribution in [0.1, 0.15) is 24.0 Å². The van der Waals surface area contributed by atoms with Gasteiger partial charge in [-0.3, -0.25) is 4.99 Å². The number of nitrogens with one attached hydrogen (secondary N) is 1. The molecule has 2 N–H and O–H groups in total. The summed E-state index contributed by atoms with van der Waals surface area (Å²) in [6, 6.07) is 0. The van der Waals surface area contributed by atoms with Crippen LogP contribution in [0.25, 0.3) is 0 Å². The second-order valence-electron chi connectivity index (χ2n) is 5.41. The molecule has 0 aliphatic carbocycles. The molecule has 1 fully saturated rings. The molecule has 2 heterocycles. The molecule has 1 aliphatic rings. The third-order valence-electron chi connectivity index (χ3n) is 3.37. The Balaban J connectivity index is 1.99. The average molecular weight is 329 g/mol. The first kappa shape index (κ1) is 16.6. The lowest BCUT2D eigenvalue weighted by Crippen LogP contribution is -2.41. The zero-order valence-electron chi connectivity index (χ0n) is 12.9. The third kappa shape index (κ3) is 4.86. The van der Waals surface area contributed by atoms with Gasteiger partial charge in [0.05, 0.1) is 29.4 Å². The minimum Gasteiger partial charge on any atom is -0.387 e. The molecule has 0 spiro atoms. The first-order valence-electron chi connectivity index (χ1n) is 7.23. The van der Waals surface area contributed by atoms with E-state index in [1.165, 1.54) is 0 Å². The number of aryl methyl sites for hydroxylation is 1. The van der Waals surface area contributed by atoms with Crippen LogP contribution in [0.15, 0.2) is 10.4 Å². The number of nitrogens with zero attached hydrogens (tertiary/aromatic N) is 3. The van der Waals surface area contributed by atoms with Crippen LogP contribution in [0.2, 0.25) is 0 Å². The van der Waals surface area contributed by atoms with Crippen molar-refractivity contribution in [3.8, 4) is 0 Å². The quantitative estimate of drug-likeness (QED) is 0.636. The monoisotopic (exact) mass is 328 g/mol. The van der Waals surface area contributed by atoms with Gasteiger partial charge in [0.2, 0.25) is 0 Å². The standard InChI is InChI=1S/C14H24N4OS2/c1-4-15-13(16-9-14(19)5-6-20-10-14)18(3)7-12-8-21-11(2)17-12/h8,19H,4-7,9-10H2,1-3H3,(H,15,16). The van der Waals surface area contributed by atoms with Crippen molar-refractivity contribution < 1.29 is 5.11 Å². The van der Waals surface area contributed by atoms with E-state index in [1.807, 2.05) is 14.0 Å². The molecule has 7 heteroatoms. The normalized spacial score (nSPS) is 22.6. The molecule has 118 valence electrons. The van der Waals surface area contributed by atoms with Crippen LogP contribution in [0.5, 0.6) is 0 Å². The molecule has 0 saturated carbocycles. The molecule has 0 radical (unpaired) electrons. The molecule has 0 bridgehead atoms. The van der Waals surface area contributed by atoms with Crippen LogP contribution in [-0.4, -0.2) is 58.2 Å². The Bertz CT molecular complexity index is 483. The summed E-state index contributed by atoms with van der Waals surface area (Å²) in [5, 5.41) is 16.8. The van der Waals surface area contributed by atoms with Crippen molar-refractivity contribution in [1.82, 2.24) is 15.2 Å². The van der Waals surface area contributed by atoms with Crippen molar-refractivity contribution in [3.63, 3.8) is 0 Å². The fourth-order valence-corrected chi connectivity index (χ4v) is 4.10. The number of aromatic nitrogens is 1. The maximum atomic E-state index is 10.4. The van der Waals surface area contributed by atoms with Gasteiger partial charge in [-0.1, -0.05) is 0 Å². The van der Waals surface area contributed by atoms with Gasteiger partial charge in [-0.05, 0) is 26.0 Å². The minimum atomic E-state index is -0.636. The maximum absolute atomic E-state index is 10.4. The van der Waals surface area contributed by atoms with Gasteiger partial charge in [-0.15, -0.1) is 11.3 Å². The van der Waals surface area contributed by atoms with Crippen molar-refractivity contribution in [1.29, 1.82) is 0 Å².